The second kappa shape index (κ2) is 5.03. The summed E-state index contributed by atoms with van der Waals surface area (Å²) in [6.07, 6.45) is 3.78. The van der Waals surface area contributed by atoms with Gasteiger partial charge in [0.2, 0.25) is 0 Å². The molecule has 0 aliphatic heterocycles. The Hall–Kier alpha value is -1.22. The third-order valence-electron chi connectivity index (χ3n) is 2.47. The Labute approximate surface area is 91.7 Å². The Kier molecular flexibility index (Phi) is 3.97. The van der Waals surface area contributed by atoms with Crippen LogP contribution in [0.3, 0.4) is 0 Å². The van der Waals surface area contributed by atoms with Crippen LogP contribution in [0.1, 0.15) is 37.0 Å². The van der Waals surface area contributed by atoms with E-state index >= 15 is 0 Å². The number of rotatable bonds is 4. The molecular weight excluding hydrogens is 186 g/mol. The molecular formula is C12H19N3. The van der Waals surface area contributed by atoms with Gasteiger partial charge in [0, 0.05) is 29.5 Å². The van der Waals surface area contributed by atoms with Crippen LogP contribution in [0.2, 0.25) is 0 Å². The van der Waals surface area contributed by atoms with Gasteiger partial charge in [0.1, 0.15) is 5.82 Å². The molecule has 15 heavy (non-hydrogen) atoms. The zero-order valence-corrected chi connectivity index (χ0v) is 9.91. The van der Waals surface area contributed by atoms with Gasteiger partial charge in [-0.05, 0) is 27.7 Å². The van der Waals surface area contributed by atoms with Crippen LogP contribution in [0.4, 0.5) is 0 Å². The highest BCUT2D eigenvalue weighted by atomic mass is 15.0. The number of nitrogens with zero attached hydrogens (tertiary/aromatic N) is 2. The second-order valence-electron chi connectivity index (χ2n) is 3.87. The highest BCUT2D eigenvalue weighted by molar-refractivity contribution is 5.20. The molecule has 0 bridgehead atoms. The van der Waals surface area contributed by atoms with E-state index in [-0.39, 0.29) is 6.04 Å². The SMILES string of the molecule is C=CC(C)NC(C)c1cnc(C)nc1C. The minimum absolute atomic E-state index is 0.249. The molecule has 1 aromatic heterocycles. The van der Waals surface area contributed by atoms with Crippen molar-refractivity contribution < 1.29 is 0 Å². The van der Waals surface area contributed by atoms with Crippen molar-refractivity contribution in [2.24, 2.45) is 0 Å². The lowest BCUT2D eigenvalue weighted by atomic mass is 10.1. The minimum Gasteiger partial charge on any atom is -0.304 e. The summed E-state index contributed by atoms with van der Waals surface area (Å²) in [7, 11) is 0. The fourth-order valence-corrected chi connectivity index (χ4v) is 1.57. The Morgan fingerprint density at radius 1 is 1.40 bits per heavy atom. The summed E-state index contributed by atoms with van der Waals surface area (Å²) in [5.41, 5.74) is 2.19. The van der Waals surface area contributed by atoms with E-state index in [2.05, 4.69) is 35.7 Å². The maximum atomic E-state index is 4.35. The first kappa shape index (κ1) is 11.9. The summed E-state index contributed by atoms with van der Waals surface area (Å²) in [6, 6.07) is 0.541. The summed E-state index contributed by atoms with van der Waals surface area (Å²) in [4.78, 5) is 8.57. The molecule has 0 aliphatic rings. The molecule has 82 valence electrons. The molecule has 0 aliphatic carbocycles. The first-order valence-electron chi connectivity index (χ1n) is 5.23. The molecule has 0 aromatic carbocycles. The van der Waals surface area contributed by atoms with Gasteiger partial charge < -0.3 is 5.32 Å². The predicted octanol–water partition coefficient (Wildman–Crippen LogP) is 2.32. The molecule has 0 amide bonds. The molecule has 1 rings (SSSR count). The van der Waals surface area contributed by atoms with Gasteiger partial charge in [0.15, 0.2) is 0 Å². The van der Waals surface area contributed by atoms with Crippen molar-refractivity contribution >= 4 is 0 Å². The quantitative estimate of drug-likeness (QED) is 0.766. The molecule has 1 heterocycles. The van der Waals surface area contributed by atoms with Crippen LogP contribution >= 0.6 is 0 Å². The number of hydrogen-bond donors (Lipinski definition) is 1. The minimum atomic E-state index is 0.249. The van der Waals surface area contributed by atoms with Crippen molar-refractivity contribution in [2.45, 2.75) is 39.8 Å². The topological polar surface area (TPSA) is 37.8 Å². The lowest BCUT2D eigenvalue weighted by Gasteiger charge is -2.18. The van der Waals surface area contributed by atoms with Crippen molar-refractivity contribution in [3.63, 3.8) is 0 Å². The second-order valence-corrected chi connectivity index (χ2v) is 3.87. The van der Waals surface area contributed by atoms with E-state index in [9.17, 15) is 0 Å². The van der Waals surface area contributed by atoms with Crippen molar-refractivity contribution in [3.8, 4) is 0 Å². The zero-order valence-electron chi connectivity index (χ0n) is 9.91. The lowest BCUT2D eigenvalue weighted by Crippen LogP contribution is -2.27. The van der Waals surface area contributed by atoms with E-state index in [1.807, 2.05) is 26.1 Å². The zero-order chi connectivity index (χ0) is 11.4. The average molecular weight is 205 g/mol. The third kappa shape index (κ3) is 3.13. The van der Waals surface area contributed by atoms with Gasteiger partial charge in [0.25, 0.3) is 0 Å². The van der Waals surface area contributed by atoms with Crippen LogP contribution in [-0.4, -0.2) is 16.0 Å². The molecule has 0 saturated carbocycles. The molecule has 3 heteroatoms. The first-order valence-corrected chi connectivity index (χ1v) is 5.23. The van der Waals surface area contributed by atoms with Gasteiger partial charge in [-0.25, -0.2) is 9.97 Å². The third-order valence-corrected chi connectivity index (χ3v) is 2.47. The smallest absolute Gasteiger partial charge is 0.125 e. The lowest BCUT2D eigenvalue weighted by molar-refractivity contribution is 0.531. The van der Waals surface area contributed by atoms with Crippen LogP contribution in [-0.2, 0) is 0 Å². The summed E-state index contributed by atoms with van der Waals surface area (Å²) < 4.78 is 0. The van der Waals surface area contributed by atoms with Crippen LogP contribution in [0.5, 0.6) is 0 Å². The van der Waals surface area contributed by atoms with Gasteiger partial charge in [-0.3, -0.25) is 0 Å². The standard InChI is InChI=1S/C12H19N3/c1-6-8(2)14-9(3)12-7-13-11(5)15-10(12)4/h6-9,14H,1H2,2-5H3. The molecule has 0 saturated heterocycles. The largest absolute Gasteiger partial charge is 0.304 e. The van der Waals surface area contributed by atoms with Crippen LogP contribution in [0.25, 0.3) is 0 Å². The Balaban J connectivity index is 2.81. The highest BCUT2D eigenvalue weighted by Gasteiger charge is 2.11. The Morgan fingerprint density at radius 2 is 2.07 bits per heavy atom. The first-order chi connectivity index (χ1) is 7.04. The number of hydrogen-bond acceptors (Lipinski definition) is 3. The number of aryl methyl sites for hydroxylation is 2. The van der Waals surface area contributed by atoms with Crippen LogP contribution < -0.4 is 5.32 Å². The molecule has 2 unspecified atom stereocenters. The average Bonchev–Trinajstić information content (AvgIpc) is 2.17. The van der Waals surface area contributed by atoms with Crippen molar-refractivity contribution in [1.82, 2.24) is 15.3 Å². The number of nitrogens with one attached hydrogen (secondary N) is 1. The molecule has 0 radical (unpaired) electrons. The summed E-state index contributed by atoms with van der Waals surface area (Å²) >= 11 is 0. The summed E-state index contributed by atoms with van der Waals surface area (Å²) in [5.74, 6) is 0.820. The van der Waals surface area contributed by atoms with E-state index in [4.69, 9.17) is 0 Å². The maximum Gasteiger partial charge on any atom is 0.125 e. The number of aromatic nitrogens is 2. The van der Waals surface area contributed by atoms with Gasteiger partial charge in [0.05, 0.1) is 0 Å². The molecule has 0 fully saturated rings. The monoisotopic (exact) mass is 205 g/mol. The molecule has 1 aromatic rings. The van der Waals surface area contributed by atoms with E-state index in [1.165, 1.54) is 0 Å². The Bertz CT molecular complexity index is 347. The molecule has 3 nitrogen and oxygen atoms in total. The van der Waals surface area contributed by atoms with Gasteiger partial charge in [-0.15, -0.1) is 6.58 Å². The van der Waals surface area contributed by atoms with E-state index in [0.29, 0.717) is 6.04 Å². The van der Waals surface area contributed by atoms with Gasteiger partial charge in [-0.2, -0.15) is 0 Å². The fourth-order valence-electron chi connectivity index (χ4n) is 1.57. The Morgan fingerprint density at radius 3 is 2.60 bits per heavy atom. The predicted molar refractivity (Wildman–Crippen MR) is 62.7 cm³/mol. The maximum absolute atomic E-state index is 4.35. The van der Waals surface area contributed by atoms with Crippen molar-refractivity contribution in [1.29, 1.82) is 0 Å². The van der Waals surface area contributed by atoms with E-state index in [0.717, 1.165) is 17.1 Å². The van der Waals surface area contributed by atoms with Crippen LogP contribution in [0.15, 0.2) is 18.9 Å². The van der Waals surface area contributed by atoms with E-state index in [1.54, 1.807) is 0 Å². The van der Waals surface area contributed by atoms with Gasteiger partial charge >= 0.3 is 0 Å². The normalized spacial score (nSPS) is 14.7. The highest BCUT2D eigenvalue weighted by Crippen LogP contribution is 2.15. The summed E-state index contributed by atoms with van der Waals surface area (Å²) in [6.45, 7) is 11.9. The molecule has 0 spiro atoms. The van der Waals surface area contributed by atoms with E-state index < -0.39 is 0 Å². The summed E-state index contributed by atoms with van der Waals surface area (Å²) in [5, 5.41) is 3.41. The van der Waals surface area contributed by atoms with Crippen molar-refractivity contribution in [2.75, 3.05) is 0 Å². The van der Waals surface area contributed by atoms with Gasteiger partial charge in [-0.1, -0.05) is 6.08 Å². The fraction of sp³-hybridized carbons (Fsp3) is 0.500. The molecule has 2 atom stereocenters. The molecule has 1 N–H and O–H groups in total. The van der Waals surface area contributed by atoms with Crippen LogP contribution in [0, 0.1) is 13.8 Å². The van der Waals surface area contributed by atoms with Crippen molar-refractivity contribution in [3.05, 3.63) is 35.9 Å².